The molecule has 0 aliphatic rings. The molecule has 0 aliphatic heterocycles. The van der Waals surface area contributed by atoms with Gasteiger partial charge in [-0.15, -0.1) is 0 Å². The number of nitrogen functional groups attached to an aromatic ring is 1. The summed E-state index contributed by atoms with van der Waals surface area (Å²) >= 11 is 0. The van der Waals surface area contributed by atoms with Gasteiger partial charge in [-0.25, -0.2) is 0 Å². The first-order valence-corrected chi connectivity index (χ1v) is 7.00. The van der Waals surface area contributed by atoms with Gasteiger partial charge in [-0.1, -0.05) is 6.92 Å². The van der Waals surface area contributed by atoms with Crippen LogP contribution in [-0.2, 0) is 9.59 Å². The number of amides is 2. The molecule has 6 nitrogen and oxygen atoms in total. The van der Waals surface area contributed by atoms with Gasteiger partial charge < -0.3 is 16.4 Å². The van der Waals surface area contributed by atoms with Gasteiger partial charge in [-0.05, 0) is 44.2 Å². The topological polar surface area (TPSA) is 87.5 Å². The van der Waals surface area contributed by atoms with Gasteiger partial charge in [0.1, 0.15) is 0 Å². The highest BCUT2D eigenvalue weighted by Crippen LogP contribution is 2.18. The number of aryl methyl sites for hydroxylation is 1. The Morgan fingerprint density at radius 2 is 2.05 bits per heavy atom. The Labute approximate surface area is 125 Å². The molecule has 0 fully saturated rings. The molecule has 0 bridgehead atoms. The number of carbonyl (C=O) groups is 2. The van der Waals surface area contributed by atoms with E-state index in [0.717, 1.165) is 11.3 Å². The number of carbonyl (C=O) groups excluding carboxylic acids is 2. The highest BCUT2D eigenvalue weighted by Gasteiger charge is 2.22. The van der Waals surface area contributed by atoms with Crippen LogP contribution in [0, 0.1) is 6.92 Å². The summed E-state index contributed by atoms with van der Waals surface area (Å²) in [7, 11) is 1.58. The van der Waals surface area contributed by atoms with Crippen molar-refractivity contribution in [1.29, 1.82) is 0 Å². The number of anilines is 2. The zero-order valence-corrected chi connectivity index (χ0v) is 13.1. The van der Waals surface area contributed by atoms with Crippen LogP contribution in [-0.4, -0.2) is 42.9 Å². The molecule has 1 rings (SSSR count). The molecule has 1 atom stereocenters. The second kappa shape index (κ2) is 7.64. The number of nitrogens with one attached hydrogen (secondary N) is 2. The molecule has 0 saturated heterocycles. The van der Waals surface area contributed by atoms with E-state index < -0.39 is 6.04 Å². The van der Waals surface area contributed by atoms with Crippen LogP contribution in [0.4, 0.5) is 11.4 Å². The Balaban J connectivity index is 2.74. The Hall–Kier alpha value is -2.08. The van der Waals surface area contributed by atoms with Crippen molar-refractivity contribution < 1.29 is 9.59 Å². The standard InChI is InChI=1S/C15H24N4O2/c1-5-19(9-14(20)17-4)11(3)15(21)18-13-7-6-12(16)8-10(13)2/h6-8,11H,5,9,16H2,1-4H3,(H,17,20)(H,18,21). The highest BCUT2D eigenvalue weighted by molar-refractivity contribution is 5.95. The molecule has 0 aromatic heterocycles. The average Bonchev–Trinajstić information content (AvgIpc) is 2.46. The molecule has 0 saturated carbocycles. The SMILES string of the molecule is CCN(CC(=O)NC)C(C)C(=O)Nc1ccc(N)cc1C. The number of likely N-dealkylation sites (N-methyl/N-ethyl adjacent to an activating group) is 2. The summed E-state index contributed by atoms with van der Waals surface area (Å²) in [5.41, 5.74) is 7.99. The summed E-state index contributed by atoms with van der Waals surface area (Å²) < 4.78 is 0. The van der Waals surface area contributed by atoms with Crippen LogP contribution in [0.25, 0.3) is 0 Å². The number of rotatable bonds is 6. The Morgan fingerprint density at radius 3 is 2.57 bits per heavy atom. The molecular weight excluding hydrogens is 268 g/mol. The predicted molar refractivity (Wildman–Crippen MR) is 85.0 cm³/mol. The van der Waals surface area contributed by atoms with Crippen molar-refractivity contribution in [3.63, 3.8) is 0 Å². The molecule has 1 aromatic rings. The maximum atomic E-state index is 12.3. The molecule has 21 heavy (non-hydrogen) atoms. The van der Waals surface area contributed by atoms with Crippen molar-refractivity contribution in [2.24, 2.45) is 0 Å². The van der Waals surface area contributed by atoms with Crippen LogP contribution >= 0.6 is 0 Å². The quantitative estimate of drug-likeness (QED) is 0.682. The Morgan fingerprint density at radius 1 is 1.38 bits per heavy atom. The smallest absolute Gasteiger partial charge is 0.241 e. The van der Waals surface area contributed by atoms with Crippen molar-refractivity contribution in [3.8, 4) is 0 Å². The number of hydrogen-bond donors (Lipinski definition) is 3. The van der Waals surface area contributed by atoms with Gasteiger partial charge in [0, 0.05) is 18.4 Å². The minimum absolute atomic E-state index is 0.111. The molecule has 0 aliphatic carbocycles. The molecule has 0 spiro atoms. The minimum Gasteiger partial charge on any atom is -0.399 e. The number of nitrogens with zero attached hydrogens (tertiary/aromatic N) is 1. The van der Waals surface area contributed by atoms with Crippen LogP contribution in [0.15, 0.2) is 18.2 Å². The first kappa shape index (κ1) is 17.0. The minimum atomic E-state index is -0.399. The van der Waals surface area contributed by atoms with Gasteiger partial charge in [0.15, 0.2) is 0 Å². The van der Waals surface area contributed by atoms with E-state index in [1.165, 1.54) is 0 Å². The number of benzene rings is 1. The first-order chi connectivity index (χ1) is 9.88. The van der Waals surface area contributed by atoms with E-state index in [4.69, 9.17) is 5.73 Å². The predicted octanol–water partition coefficient (Wildman–Crippen LogP) is 0.972. The fourth-order valence-electron chi connectivity index (χ4n) is 2.02. The summed E-state index contributed by atoms with van der Waals surface area (Å²) in [6, 6.07) is 4.94. The summed E-state index contributed by atoms with van der Waals surface area (Å²) in [5, 5.41) is 5.44. The Kier molecular flexibility index (Phi) is 6.17. The Bertz CT molecular complexity index is 516. The van der Waals surface area contributed by atoms with Crippen molar-refractivity contribution in [3.05, 3.63) is 23.8 Å². The zero-order chi connectivity index (χ0) is 16.0. The molecule has 1 aromatic carbocycles. The third-order valence-electron chi connectivity index (χ3n) is 3.47. The van der Waals surface area contributed by atoms with Crippen molar-refractivity contribution in [1.82, 2.24) is 10.2 Å². The number of nitrogens with two attached hydrogens (primary N) is 1. The van der Waals surface area contributed by atoms with Crippen LogP contribution in [0.5, 0.6) is 0 Å². The fraction of sp³-hybridized carbons (Fsp3) is 0.467. The van der Waals surface area contributed by atoms with E-state index in [2.05, 4.69) is 10.6 Å². The van der Waals surface area contributed by atoms with Crippen molar-refractivity contribution >= 4 is 23.2 Å². The van der Waals surface area contributed by atoms with Crippen LogP contribution in [0.1, 0.15) is 19.4 Å². The first-order valence-electron chi connectivity index (χ1n) is 7.00. The van der Waals surface area contributed by atoms with Crippen LogP contribution in [0.3, 0.4) is 0 Å². The molecule has 0 radical (unpaired) electrons. The maximum Gasteiger partial charge on any atom is 0.241 e. The maximum absolute atomic E-state index is 12.3. The second-order valence-corrected chi connectivity index (χ2v) is 4.98. The van der Waals surface area contributed by atoms with Gasteiger partial charge >= 0.3 is 0 Å². The fourth-order valence-corrected chi connectivity index (χ4v) is 2.02. The molecule has 1 unspecified atom stereocenters. The third-order valence-corrected chi connectivity index (χ3v) is 3.47. The van der Waals surface area contributed by atoms with Crippen LogP contribution in [0.2, 0.25) is 0 Å². The van der Waals surface area contributed by atoms with Crippen molar-refractivity contribution in [2.45, 2.75) is 26.8 Å². The molecule has 2 amide bonds. The summed E-state index contributed by atoms with van der Waals surface area (Å²) in [6.45, 7) is 6.40. The van der Waals surface area contributed by atoms with Gasteiger partial charge in [0.05, 0.1) is 12.6 Å². The molecule has 6 heteroatoms. The normalized spacial score (nSPS) is 12.0. The van der Waals surface area contributed by atoms with Gasteiger partial charge in [-0.2, -0.15) is 0 Å². The zero-order valence-electron chi connectivity index (χ0n) is 13.1. The van der Waals surface area contributed by atoms with Gasteiger partial charge in [0.2, 0.25) is 11.8 Å². The number of hydrogen-bond acceptors (Lipinski definition) is 4. The van der Waals surface area contributed by atoms with E-state index in [1.54, 1.807) is 31.0 Å². The lowest BCUT2D eigenvalue weighted by Gasteiger charge is -2.26. The monoisotopic (exact) mass is 292 g/mol. The van der Waals surface area contributed by atoms with Gasteiger partial charge in [-0.3, -0.25) is 14.5 Å². The summed E-state index contributed by atoms with van der Waals surface area (Å²) in [4.78, 5) is 25.6. The second-order valence-electron chi connectivity index (χ2n) is 4.98. The molecule has 116 valence electrons. The van der Waals surface area contributed by atoms with Gasteiger partial charge in [0.25, 0.3) is 0 Å². The van der Waals surface area contributed by atoms with E-state index in [0.29, 0.717) is 12.2 Å². The summed E-state index contributed by atoms with van der Waals surface area (Å²) in [5.74, 6) is -0.256. The third kappa shape index (κ3) is 4.75. The average molecular weight is 292 g/mol. The summed E-state index contributed by atoms with van der Waals surface area (Å²) in [6.07, 6.45) is 0. The molecule has 4 N–H and O–H groups in total. The lowest BCUT2D eigenvalue weighted by atomic mass is 10.1. The highest BCUT2D eigenvalue weighted by atomic mass is 16.2. The molecule has 0 heterocycles. The largest absolute Gasteiger partial charge is 0.399 e. The van der Waals surface area contributed by atoms with E-state index in [9.17, 15) is 9.59 Å². The van der Waals surface area contributed by atoms with E-state index in [1.807, 2.05) is 19.9 Å². The van der Waals surface area contributed by atoms with E-state index >= 15 is 0 Å². The lowest BCUT2D eigenvalue weighted by molar-refractivity contribution is -0.125. The van der Waals surface area contributed by atoms with Crippen LogP contribution < -0.4 is 16.4 Å². The molecular formula is C15H24N4O2. The van der Waals surface area contributed by atoms with E-state index in [-0.39, 0.29) is 18.4 Å². The lowest BCUT2D eigenvalue weighted by Crippen LogP contribution is -2.46. The van der Waals surface area contributed by atoms with Crippen molar-refractivity contribution in [2.75, 3.05) is 31.2 Å².